The minimum Gasteiger partial charge on any atom is -0.549 e. The first-order valence-electron chi connectivity index (χ1n) is 2.53. The van der Waals surface area contributed by atoms with Crippen molar-refractivity contribution in [3.8, 4) is 0 Å². The molecule has 0 aliphatic carbocycles. The van der Waals surface area contributed by atoms with Crippen molar-refractivity contribution in [3.63, 3.8) is 0 Å². The van der Waals surface area contributed by atoms with Gasteiger partial charge in [0, 0.05) is 0 Å². The number of carbonyl (C=O) groups is 1. The third kappa shape index (κ3) is 7.09. The molecule has 1 atom stereocenters. The number of carboxylic acids is 1. The number of hydrogen-bond acceptors (Lipinski definition) is 2. The number of rotatable bonds is 3. The number of aliphatic carboxylic acids is 1. The maximum absolute atomic E-state index is 9.97. The van der Waals surface area contributed by atoms with Crippen LogP contribution in [0, 0.1) is 0 Å². The van der Waals surface area contributed by atoms with Crippen LogP contribution in [0.2, 0.25) is 0 Å². The molecule has 0 bridgehead atoms. The summed E-state index contributed by atoms with van der Waals surface area (Å²) in [6.45, 7) is 1.95. The summed E-state index contributed by atoms with van der Waals surface area (Å²) in [7, 11) is 0. The molecule has 0 aromatic heterocycles. The van der Waals surface area contributed by atoms with E-state index in [9.17, 15) is 9.90 Å². The van der Waals surface area contributed by atoms with Gasteiger partial charge in [0.05, 0.1) is 9.89 Å². The molecule has 1 unspecified atom stereocenters. The van der Waals surface area contributed by atoms with E-state index < -0.39 is 5.97 Å². The molecule has 4 heteroatoms. The van der Waals surface area contributed by atoms with Gasteiger partial charge >= 0.3 is 29.6 Å². The molecule has 2 nitrogen and oxygen atoms in total. The zero-order valence-electron chi connectivity index (χ0n) is 5.69. The first kappa shape index (κ1) is 12.8. The van der Waals surface area contributed by atoms with Gasteiger partial charge in [-0.05, 0) is 6.42 Å². The Bertz CT molecular complexity index is 87.0. The third-order valence-corrected chi connectivity index (χ3v) is 1.93. The zero-order valence-corrected chi connectivity index (χ0v) is 9.84. The Morgan fingerprint density at radius 2 is 2.22 bits per heavy atom. The molecule has 0 saturated carbocycles. The predicted molar refractivity (Wildman–Crippen MR) is 37.7 cm³/mol. The van der Waals surface area contributed by atoms with Crippen molar-refractivity contribution < 1.29 is 39.5 Å². The summed E-state index contributed by atoms with van der Waals surface area (Å²) < 4.78 is -0.308. The van der Waals surface area contributed by atoms with Gasteiger partial charge in [0.15, 0.2) is 0 Å². The normalized spacial score (nSPS) is 11.8. The standard InChI is InChI=1S/C5H9IO2.Na/c1-2-3-4(6)5(7)8;/h4H,2-3H2,1H3,(H,7,8);/q;+1/p-1. The Balaban J connectivity index is 0. The molecule has 0 aromatic rings. The molecule has 0 aliphatic heterocycles. The molecule has 0 aliphatic rings. The fraction of sp³-hybridized carbons (Fsp3) is 0.800. The second-order valence-electron chi connectivity index (χ2n) is 1.58. The van der Waals surface area contributed by atoms with Crippen LogP contribution in [0.15, 0.2) is 0 Å². The number of alkyl halides is 1. The first-order valence-corrected chi connectivity index (χ1v) is 3.78. The predicted octanol–water partition coefficient (Wildman–Crippen LogP) is -2.66. The van der Waals surface area contributed by atoms with Crippen molar-refractivity contribution >= 4 is 28.6 Å². The number of hydrogen-bond donors (Lipinski definition) is 0. The van der Waals surface area contributed by atoms with Gasteiger partial charge in [0.1, 0.15) is 0 Å². The van der Waals surface area contributed by atoms with Crippen LogP contribution in [0.25, 0.3) is 0 Å². The molecule has 0 spiro atoms. The Hall–Kier alpha value is 1.20. The van der Waals surface area contributed by atoms with Crippen LogP contribution in [0.1, 0.15) is 19.8 Å². The van der Waals surface area contributed by atoms with Gasteiger partial charge in [-0.1, -0.05) is 35.9 Å². The van der Waals surface area contributed by atoms with Crippen molar-refractivity contribution in [2.75, 3.05) is 0 Å². The molecule has 9 heavy (non-hydrogen) atoms. The van der Waals surface area contributed by atoms with Crippen LogP contribution < -0.4 is 34.7 Å². The number of halogens is 1. The molecule has 0 saturated heterocycles. The van der Waals surface area contributed by atoms with E-state index in [2.05, 4.69) is 0 Å². The van der Waals surface area contributed by atoms with Gasteiger partial charge in [-0.25, -0.2) is 0 Å². The Kier molecular flexibility index (Phi) is 10.4. The number of carboxylic acid groups (broad SMARTS) is 1. The molecule has 0 aromatic carbocycles. The van der Waals surface area contributed by atoms with Crippen molar-refractivity contribution in [3.05, 3.63) is 0 Å². The molecular formula is C5H8INaO2. The van der Waals surface area contributed by atoms with E-state index in [0.29, 0.717) is 6.42 Å². The van der Waals surface area contributed by atoms with Crippen LogP contribution in [-0.4, -0.2) is 9.89 Å². The van der Waals surface area contributed by atoms with E-state index in [0.717, 1.165) is 6.42 Å². The van der Waals surface area contributed by atoms with Crippen molar-refractivity contribution in [2.24, 2.45) is 0 Å². The van der Waals surface area contributed by atoms with Crippen LogP contribution in [-0.2, 0) is 4.79 Å². The summed E-state index contributed by atoms with van der Waals surface area (Å²) in [5, 5.41) is 9.97. The van der Waals surface area contributed by atoms with Gasteiger partial charge in [-0.2, -0.15) is 0 Å². The van der Waals surface area contributed by atoms with Crippen molar-refractivity contribution in [2.45, 2.75) is 23.7 Å². The van der Waals surface area contributed by atoms with Crippen molar-refractivity contribution in [1.82, 2.24) is 0 Å². The summed E-state index contributed by atoms with van der Waals surface area (Å²) in [5.74, 6) is -0.951. The first-order chi connectivity index (χ1) is 3.68. The van der Waals surface area contributed by atoms with Gasteiger partial charge < -0.3 is 9.90 Å². The molecular weight excluding hydrogens is 242 g/mol. The molecule has 48 valence electrons. The van der Waals surface area contributed by atoms with Gasteiger partial charge in [0.2, 0.25) is 0 Å². The summed E-state index contributed by atoms with van der Waals surface area (Å²) in [5.41, 5.74) is 0. The van der Waals surface area contributed by atoms with E-state index in [1.54, 1.807) is 0 Å². The van der Waals surface area contributed by atoms with Crippen LogP contribution >= 0.6 is 22.6 Å². The smallest absolute Gasteiger partial charge is 0.549 e. The molecule has 0 heterocycles. The molecule has 0 amide bonds. The maximum atomic E-state index is 9.97. The minimum absolute atomic E-state index is 0. The second-order valence-corrected chi connectivity index (χ2v) is 3.08. The fourth-order valence-electron chi connectivity index (χ4n) is 0.371. The SMILES string of the molecule is CCCC(I)C(=O)[O-].[Na+]. The summed E-state index contributed by atoms with van der Waals surface area (Å²) in [6, 6.07) is 0. The maximum Gasteiger partial charge on any atom is 1.00 e. The van der Waals surface area contributed by atoms with Crippen LogP contribution in [0.4, 0.5) is 0 Å². The largest absolute Gasteiger partial charge is 1.00 e. The fourth-order valence-corrected chi connectivity index (χ4v) is 0.994. The van der Waals surface area contributed by atoms with Gasteiger partial charge in [-0.3, -0.25) is 0 Å². The van der Waals surface area contributed by atoms with E-state index in [1.807, 2.05) is 29.5 Å². The average molecular weight is 250 g/mol. The molecule has 0 N–H and O–H groups in total. The zero-order chi connectivity index (χ0) is 6.57. The molecule has 0 fully saturated rings. The quantitative estimate of drug-likeness (QED) is 0.312. The van der Waals surface area contributed by atoms with E-state index in [1.165, 1.54) is 0 Å². The van der Waals surface area contributed by atoms with Crippen molar-refractivity contribution in [1.29, 1.82) is 0 Å². The van der Waals surface area contributed by atoms with Gasteiger partial charge in [-0.15, -0.1) is 0 Å². The van der Waals surface area contributed by atoms with Crippen LogP contribution in [0.5, 0.6) is 0 Å². The summed E-state index contributed by atoms with van der Waals surface area (Å²) in [4.78, 5) is 9.97. The summed E-state index contributed by atoms with van der Waals surface area (Å²) >= 11 is 1.87. The molecule has 0 radical (unpaired) electrons. The summed E-state index contributed by atoms with van der Waals surface area (Å²) in [6.07, 6.45) is 1.62. The average Bonchev–Trinajstić information content (AvgIpc) is 1.67. The van der Waals surface area contributed by atoms with Gasteiger partial charge in [0.25, 0.3) is 0 Å². The van der Waals surface area contributed by atoms with E-state index in [4.69, 9.17) is 0 Å². The Morgan fingerprint density at radius 1 is 1.78 bits per heavy atom. The third-order valence-electron chi connectivity index (χ3n) is 0.798. The Labute approximate surface area is 90.8 Å². The second kappa shape index (κ2) is 7.31. The topological polar surface area (TPSA) is 40.1 Å². The molecule has 0 rings (SSSR count). The Morgan fingerprint density at radius 3 is 2.33 bits per heavy atom. The van der Waals surface area contributed by atoms with E-state index >= 15 is 0 Å². The minimum atomic E-state index is -0.951. The monoisotopic (exact) mass is 250 g/mol. The van der Waals surface area contributed by atoms with E-state index in [-0.39, 0.29) is 33.5 Å². The van der Waals surface area contributed by atoms with Crippen LogP contribution in [0.3, 0.4) is 0 Å². The number of carbonyl (C=O) groups excluding carboxylic acids is 1.